The van der Waals surface area contributed by atoms with Crippen LogP contribution in [0.1, 0.15) is 5.56 Å². The average molecular weight is 350 g/mol. The van der Waals surface area contributed by atoms with Crippen molar-refractivity contribution in [2.75, 3.05) is 25.6 Å². The highest BCUT2D eigenvalue weighted by Gasteiger charge is 1.99. The summed E-state index contributed by atoms with van der Waals surface area (Å²) < 4.78 is 6.15. The standard InChI is InChI=1S/C11H15IN2OS/c1-8-3-4-9(7-10(8)12)14-11(16)13-5-6-15-2/h3-4,7H,5-6H2,1-2H3,(H2,13,14,16). The van der Waals surface area contributed by atoms with Gasteiger partial charge in [0.15, 0.2) is 5.11 Å². The van der Waals surface area contributed by atoms with Crippen molar-refractivity contribution in [2.24, 2.45) is 0 Å². The highest BCUT2D eigenvalue weighted by Crippen LogP contribution is 2.16. The number of rotatable bonds is 4. The molecule has 0 saturated heterocycles. The van der Waals surface area contributed by atoms with Crippen molar-refractivity contribution in [1.82, 2.24) is 5.32 Å². The zero-order valence-electron chi connectivity index (χ0n) is 9.34. The molecule has 0 aromatic heterocycles. The number of ether oxygens (including phenoxy) is 1. The van der Waals surface area contributed by atoms with Crippen LogP contribution in [0.4, 0.5) is 5.69 Å². The summed E-state index contributed by atoms with van der Waals surface area (Å²) in [5.74, 6) is 0. The maximum absolute atomic E-state index is 5.15. The Labute approximate surface area is 115 Å². The fourth-order valence-electron chi connectivity index (χ4n) is 1.11. The molecule has 3 nitrogen and oxygen atoms in total. The van der Waals surface area contributed by atoms with Crippen LogP contribution < -0.4 is 10.6 Å². The van der Waals surface area contributed by atoms with E-state index in [1.165, 1.54) is 9.13 Å². The third-order valence-corrected chi connectivity index (χ3v) is 3.43. The third-order valence-electron chi connectivity index (χ3n) is 2.02. The van der Waals surface area contributed by atoms with Gasteiger partial charge in [0.1, 0.15) is 0 Å². The molecule has 2 N–H and O–H groups in total. The molecule has 0 radical (unpaired) electrons. The predicted octanol–water partition coefficient (Wildman–Crippen LogP) is 2.53. The first kappa shape index (κ1) is 13.7. The first-order chi connectivity index (χ1) is 7.63. The summed E-state index contributed by atoms with van der Waals surface area (Å²) >= 11 is 7.45. The highest BCUT2D eigenvalue weighted by molar-refractivity contribution is 14.1. The number of benzene rings is 1. The molecule has 1 rings (SSSR count). The molecule has 0 heterocycles. The Morgan fingerprint density at radius 2 is 2.25 bits per heavy atom. The minimum atomic E-state index is 0.622. The van der Waals surface area contributed by atoms with Gasteiger partial charge < -0.3 is 15.4 Å². The predicted molar refractivity (Wildman–Crippen MR) is 80.0 cm³/mol. The number of thiocarbonyl (C=S) groups is 1. The highest BCUT2D eigenvalue weighted by atomic mass is 127. The Morgan fingerprint density at radius 1 is 1.50 bits per heavy atom. The van der Waals surface area contributed by atoms with E-state index < -0.39 is 0 Å². The molecule has 5 heteroatoms. The summed E-state index contributed by atoms with van der Waals surface area (Å²) in [6, 6.07) is 6.16. The topological polar surface area (TPSA) is 33.3 Å². The van der Waals surface area contributed by atoms with Gasteiger partial charge in [-0.3, -0.25) is 0 Å². The lowest BCUT2D eigenvalue weighted by Gasteiger charge is -2.10. The van der Waals surface area contributed by atoms with E-state index in [1.54, 1.807) is 7.11 Å². The van der Waals surface area contributed by atoms with Gasteiger partial charge in [-0.15, -0.1) is 0 Å². The molecule has 0 bridgehead atoms. The second-order valence-electron chi connectivity index (χ2n) is 3.34. The fraction of sp³-hybridized carbons (Fsp3) is 0.364. The van der Waals surface area contributed by atoms with Gasteiger partial charge in [0.2, 0.25) is 0 Å². The first-order valence-corrected chi connectivity index (χ1v) is 6.42. The zero-order chi connectivity index (χ0) is 12.0. The maximum Gasteiger partial charge on any atom is 0.170 e. The maximum atomic E-state index is 5.15. The molecule has 1 aromatic rings. The lowest BCUT2D eigenvalue weighted by atomic mass is 10.2. The lowest BCUT2D eigenvalue weighted by Crippen LogP contribution is -2.31. The van der Waals surface area contributed by atoms with E-state index in [0.717, 1.165) is 5.69 Å². The van der Waals surface area contributed by atoms with E-state index in [2.05, 4.69) is 52.3 Å². The van der Waals surface area contributed by atoms with Gasteiger partial charge in [-0.05, 0) is 59.4 Å². The molecule has 0 aliphatic carbocycles. The number of anilines is 1. The van der Waals surface area contributed by atoms with E-state index in [9.17, 15) is 0 Å². The Bertz CT molecular complexity index is 371. The van der Waals surface area contributed by atoms with Crippen LogP contribution in [-0.2, 0) is 4.74 Å². The van der Waals surface area contributed by atoms with Crippen LogP contribution in [-0.4, -0.2) is 25.4 Å². The fourth-order valence-corrected chi connectivity index (χ4v) is 1.85. The number of halogens is 1. The van der Waals surface area contributed by atoms with Gasteiger partial charge in [0, 0.05) is 22.9 Å². The second-order valence-corrected chi connectivity index (χ2v) is 4.91. The van der Waals surface area contributed by atoms with E-state index in [1.807, 2.05) is 6.07 Å². The molecule has 16 heavy (non-hydrogen) atoms. The SMILES string of the molecule is COCCNC(=S)Nc1ccc(C)c(I)c1. The van der Waals surface area contributed by atoms with Crippen molar-refractivity contribution in [3.8, 4) is 0 Å². The molecule has 0 saturated carbocycles. The molecular formula is C11H15IN2OS. The normalized spacial score (nSPS) is 9.94. The van der Waals surface area contributed by atoms with Crippen LogP contribution in [0.3, 0.4) is 0 Å². The largest absolute Gasteiger partial charge is 0.383 e. The van der Waals surface area contributed by atoms with Crippen molar-refractivity contribution >= 4 is 45.6 Å². The summed E-state index contributed by atoms with van der Waals surface area (Å²) in [5, 5.41) is 6.81. The van der Waals surface area contributed by atoms with Crippen molar-refractivity contribution in [1.29, 1.82) is 0 Å². The van der Waals surface area contributed by atoms with Gasteiger partial charge in [-0.1, -0.05) is 6.07 Å². The Morgan fingerprint density at radius 3 is 2.88 bits per heavy atom. The van der Waals surface area contributed by atoms with Crippen LogP contribution in [0, 0.1) is 10.5 Å². The molecule has 0 spiro atoms. The smallest absolute Gasteiger partial charge is 0.170 e. The summed E-state index contributed by atoms with van der Waals surface area (Å²) in [7, 11) is 1.67. The Hall–Kier alpha value is -0.400. The minimum Gasteiger partial charge on any atom is -0.383 e. The van der Waals surface area contributed by atoms with E-state index >= 15 is 0 Å². The van der Waals surface area contributed by atoms with Gasteiger partial charge in [-0.2, -0.15) is 0 Å². The van der Waals surface area contributed by atoms with Crippen LogP contribution in [0.15, 0.2) is 18.2 Å². The quantitative estimate of drug-likeness (QED) is 0.497. The van der Waals surface area contributed by atoms with Crippen molar-refractivity contribution < 1.29 is 4.74 Å². The Balaban J connectivity index is 2.46. The second kappa shape index (κ2) is 7.03. The summed E-state index contributed by atoms with van der Waals surface area (Å²) in [6.07, 6.45) is 0. The van der Waals surface area contributed by atoms with E-state index in [-0.39, 0.29) is 0 Å². The molecule has 0 amide bonds. The van der Waals surface area contributed by atoms with Gasteiger partial charge in [-0.25, -0.2) is 0 Å². The third kappa shape index (κ3) is 4.63. The monoisotopic (exact) mass is 350 g/mol. The summed E-state index contributed by atoms with van der Waals surface area (Å²) in [5.41, 5.74) is 2.27. The van der Waals surface area contributed by atoms with Gasteiger partial charge in [0.05, 0.1) is 6.61 Å². The van der Waals surface area contributed by atoms with E-state index in [4.69, 9.17) is 17.0 Å². The van der Waals surface area contributed by atoms with Gasteiger partial charge >= 0.3 is 0 Å². The molecule has 1 aromatic carbocycles. The minimum absolute atomic E-state index is 0.622. The van der Waals surface area contributed by atoms with Crippen molar-refractivity contribution in [3.05, 3.63) is 27.3 Å². The van der Waals surface area contributed by atoms with E-state index in [0.29, 0.717) is 18.3 Å². The molecule has 0 fully saturated rings. The molecule has 0 aliphatic rings. The molecule has 0 atom stereocenters. The molecular weight excluding hydrogens is 335 g/mol. The van der Waals surface area contributed by atoms with Crippen molar-refractivity contribution in [3.63, 3.8) is 0 Å². The molecule has 0 unspecified atom stereocenters. The van der Waals surface area contributed by atoms with Crippen molar-refractivity contribution in [2.45, 2.75) is 6.92 Å². The first-order valence-electron chi connectivity index (χ1n) is 4.93. The molecule has 88 valence electrons. The Kier molecular flexibility index (Phi) is 6.00. The summed E-state index contributed by atoms with van der Waals surface area (Å²) in [6.45, 7) is 3.44. The molecule has 0 aliphatic heterocycles. The number of hydrogen-bond donors (Lipinski definition) is 2. The number of methoxy groups -OCH3 is 1. The zero-order valence-corrected chi connectivity index (χ0v) is 12.3. The number of aryl methyl sites for hydroxylation is 1. The van der Waals surface area contributed by atoms with Gasteiger partial charge in [0.25, 0.3) is 0 Å². The van der Waals surface area contributed by atoms with Crippen LogP contribution in [0.5, 0.6) is 0 Å². The van der Waals surface area contributed by atoms with Crippen LogP contribution >= 0.6 is 34.8 Å². The van der Waals surface area contributed by atoms with Crippen LogP contribution in [0.2, 0.25) is 0 Å². The van der Waals surface area contributed by atoms with Crippen LogP contribution in [0.25, 0.3) is 0 Å². The summed E-state index contributed by atoms with van der Waals surface area (Å²) in [4.78, 5) is 0. The number of nitrogens with one attached hydrogen (secondary N) is 2. The number of hydrogen-bond acceptors (Lipinski definition) is 2. The lowest BCUT2D eigenvalue weighted by molar-refractivity contribution is 0.204. The average Bonchev–Trinajstić information content (AvgIpc) is 2.24.